The topological polar surface area (TPSA) is 131 Å². The van der Waals surface area contributed by atoms with Crippen LogP contribution in [0.15, 0.2) is 29.2 Å². The fourth-order valence-corrected chi connectivity index (χ4v) is 9.77. The zero-order valence-corrected chi connectivity index (χ0v) is 30.6. The molecule has 270 valence electrons. The van der Waals surface area contributed by atoms with E-state index in [1.54, 1.807) is 16.4 Å². The van der Waals surface area contributed by atoms with Gasteiger partial charge in [-0.3, -0.25) is 14.5 Å². The molecule has 49 heavy (non-hydrogen) atoms. The fraction of sp³-hybridized carbons (Fsp3) is 0.694. The van der Waals surface area contributed by atoms with Crippen LogP contribution in [-0.2, 0) is 26.2 Å². The number of nitrogens with one attached hydrogen (secondary N) is 1. The molecular weight excluding hydrogens is 643 g/mol. The highest BCUT2D eigenvalue weighted by molar-refractivity contribution is 7.89. The number of unbranched alkanes of at least 4 members (excludes halogenated alkanes) is 1. The molecule has 0 radical (unpaired) electrons. The van der Waals surface area contributed by atoms with Crippen molar-refractivity contribution in [3.05, 3.63) is 41.2 Å². The number of rotatable bonds is 10. The second kappa shape index (κ2) is 14.8. The van der Waals surface area contributed by atoms with Gasteiger partial charge in [-0.1, -0.05) is 32.6 Å². The first-order valence-electron chi connectivity index (χ1n) is 18.3. The number of hydrogen-bond donors (Lipinski definition) is 2. The van der Waals surface area contributed by atoms with Crippen molar-refractivity contribution in [1.82, 2.24) is 34.1 Å². The molecule has 4 aliphatic rings. The smallest absolute Gasteiger partial charge is 0.248 e. The summed E-state index contributed by atoms with van der Waals surface area (Å²) < 4.78 is 29.9. The minimum Gasteiger partial charge on any atom is -0.390 e. The average molecular weight is 698 g/mol. The normalized spacial score (nSPS) is 24.0. The van der Waals surface area contributed by atoms with Crippen LogP contribution in [0, 0.1) is 19.8 Å². The summed E-state index contributed by atoms with van der Waals surface area (Å²) in [4.78, 5) is 34.5. The first-order valence-corrected chi connectivity index (χ1v) is 19.8. The Balaban J connectivity index is 1.13. The van der Waals surface area contributed by atoms with E-state index in [4.69, 9.17) is 5.10 Å². The van der Waals surface area contributed by atoms with Gasteiger partial charge in [0.1, 0.15) is 11.6 Å². The minimum atomic E-state index is -3.55. The lowest BCUT2D eigenvalue weighted by atomic mass is 9.78. The molecule has 1 saturated carbocycles. The second-order valence-electron chi connectivity index (χ2n) is 14.8. The third kappa shape index (κ3) is 7.06. The number of piperazine rings is 2. The number of aryl methyl sites for hydroxylation is 1. The molecule has 3 aliphatic heterocycles. The average Bonchev–Trinajstić information content (AvgIpc) is 3.39. The predicted octanol–water partition coefficient (Wildman–Crippen LogP) is 2.83. The van der Waals surface area contributed by atoms with Crippen molar-refractivity contribution < 1.29 is 23.1 Å². The maximum absolute atomic E-state index is 14.0. The third-order valence-corrected chi connectivity index (χ3v) is 13.6. The Morgan fingerprint density at radius 1 is 0.980 bits per heavy atom. The number of carbonyl (C=O) groups is 2. The van der Waals surface area contributed by atoms with Gasteiger partial charge in [-0.2, -0.15) is 9.40 Å². The fourth-order valence-electron chi connectivity index (χ4n) is 8.35. The molecule has 12 nitrogen and oxygen atoms in total. The van der Waals surface area contributed by atoms with E-state index in [1.807, 2.05) is 42.6 Å². The molecule has 0 unspecified atom stereocenters. The predicted molar refractivity (Wildman–Crippen MR) is 188 cm³/mol. The van der Waals surface area contributed by atoms with Crippen LogP contribution < -0.4 is 5.32 Å². The number of hydrogen-bond acceptors (Lipinski definition) is 8. The number of carbonyl (C=O) groups excluding carboxylic acids is 2. The van der Waals surface area contributed by atoms with Gasteiger partial charge in [0.05, 0.1) is 22.4 Å². The number of likely N-dealkylation sites (tertiary alicyclic amines) is 1. The van der Waals surface area contributed by atoms with Crippen LogP contribution in [0.4, 0.5) is 0 Å². The van der Waals surface area contributed by atoms with Gasteiger partial charge in [0.25, 0.3) is 0 Å². The van der Waals surface area contributed by atoms with E-state index in [-0.39, 0.29) is 22.6 Å². The summed E-state index contributed by atoms with van der Waals surface area (Å²) in [5, 5.41) is 19.1. The van der Waals surface area contributed by atoms with Crippen LogP contribution >= 0.6 is 0 Å². The zero-order chi connectivity index (χ0) is 34.9. The molecule has 4 fully saturated rings. The van der Waals surface area contributed by atoms with E-state index in [0.29, 0.717) is 52.1 Å². The van der Waals surface area contributed by atoms with Crippen molar-refractivity contribution in [3.63, 3.8) is 0 Å². The van der Waals surface area contributed by atoms with E-state index in [1.165, 1.54) is 0 Å². The maximum Gasteiger partial charge on any atom is 0.248 e. The molecule has 1 aromatic carbocycles. The second-order valence-corrected chi connectivity index (χ2v) is 16.7. The first-order chi connectivity index (χ1) is 23.5. The Labute approximate surface area is 291 Å². The monoisotopic (exact) mass is 697 g/mol. The maximum atomic E-state index is 14.0. The van der Waals surface area contributed by atoms with Crippen molar-refractivity contribution in [3.8, 4) is 5.69 Å². The number of aliphatic hydroxyl groups is 1. The van der Waals surface area contributed by atoms with Gasteiger partial charge in [-0.25, -0.2) is 13.1 Å². The van der Waals surface area contributed by atoms with Crippen molar-refractivity contribution >= 4 is 21.8 Å². The molecule has 2 N–H and O–H groups in total. The standard InChI is InChI=1S/C36H55N7O5S/c1-5-6-18-42-34(45)32(33(44)28-10-8-7-9-11-28)37-35(46)36(42)16-19-40(20-17-36)25-31-26(2)38-43(27(31)3)29-12-14-30(15-13-29)49(47,48)41-23-21-39(4)22-24-41/h12-15,28,32-33,44H,5-11,16-25H2,1-4H3,(H,37,46)/t32-,33-/m1/s1. The molecular formula is C36H55N7O5S. The van der Waals surface area contributed by atoms with Gasteiger partial charge >= 0.3 is 0 Å². The minimum absolute atomic E-state index is 0.0485. The Kier molecular flexibility index (Phi) is 10.9. The highest BCUT2D eigenvalue weighted by Crippen LogP contribution is 2.37. The summed E-state index contributed by atoms with van der Waals surface area (Å²) in [6.45, 7) is 11.0. The molecule has 2 aromatic rings. The van der Waals surface area contributed by atoms with Crippen LogP contribution in [0.25, 0.3) is 5.69 Å². The van der Waals surface area contributed by atoms with Crippen LogP contribution in [0.3, 0.4) is 0 Å². The number of amides is 2. The van der Waals surface area contributed by atoms with E-state index >= 15 is 0 Å². The number of aromatic nitrogens is 2. The molecule has 2 amide bonds. The molecule has 1 spiro atoms. The Morgan fingerprint density at radius 2 is 1.63 bits per heavy atom. The lowest BCUT2D eigenvalue weighted by molar-refractivity contribution is -0.166. The van der Waals surface area contributed by atoms with Gasteiger partial charge in [0.2, 0.25) is 21.8 Å². The SMILES string of the molecule is CCCCN1C(=O)[C@@H]([C@H](O)C2CCCCC2)NC(=O)C12CCN(Cc1c(C)nn(-c3ccc(S(=O)(=O)N4CCN(C)CC4)cc3)c1C)CC2. The summed E-state index contributed by atoms with van der Waals surface area (Å²) in [5.74, 6) is -0.205. The molecule has 1 aliphatic carbocycles. The van der Waals surface area contributed by atoms with Crippen molar-refractivity contribution in [2.24, 2.45) is 5.92 Å². The van der Waals surface area contributed by atoms with Gasteiger partial charge in [0, 0.05) is 63.6 Å². The number of sulfonamides is 1. The number of benzene rings is 1. The van der Waals surface area contributed by atoms with Crippen molar-refractivity contribution in [2.75, 3.05) is 52.9 Å². The number of likely N-dealkylation sites (N-methyl/N-ethyl adjacent to an activating group) is 1. The number of piperidine rings is 1. The lowest BCUT2D eigenvalue weighted by Gasteiger charge is -2.52. The van der Waals surface area contributed by atoms with Crippen LogP contribution in [0.5, 0.6) is 0 Å². The summed E-state index contributed by atoms with van der Waals surface area (Å²) in [6, 6.07) is 6.11. The van der Waals surface area contributed by atoms with Gasteiger partial charge in [-0.05, 0) is 83.2 Å². The molecule has 3 saturated heterocycles. The van der Waals surface area contributed by atoms with Gasteiger partial charge in [-0.15, -0.1) is 0 Å². The third-order valence-electron chi connectivity index (χ3n) is 11.7. The molecule has 0 bridgehead atoms. The zero-order valence-electron chi connectivity index (χ0n) is 29.7. The lowest BCUT2D eigenvalue weighted by Crippen LogP contribution is -2.75. The molecule has 2 atom stereocenters. The largest absolute Gasteiger partial charge is 0.390 e. The summed E-state index contributed by atoms with van der Waals surface area (Å²) in [7, 11) is -1.55. The quantitative estimate of drug-likeness (QED) is 0.388. The van der Waals surface area contributed by atoms with Crippen LogP contribution in [-0.4, -0.2) is 125 Å². The number of nitrogens with zero attached hydrogens (tertiary/aromatic N) is 6. The first kappa shape index (κ1) is 36.0. The van der Waals surface area contributed by atoms with Crippen molar-refractivity contribution in [2.45, 2.75) is 108 Å². The highest BCUT2D eigenvalue weighted by atomic mass is 32.2. The van der Waals surface area contributed by atoms with Gasteiger partial charge in [0.15, 0.2) is 0 Å². The summed E-state index contributed by atoms with van der Waals surface area (Å²) in [5.41, 5.74) is 2.90. The Bertz CT molecular complexity index is 1590. The highest BCUT2D eigenvalue weighted by Gasteiger charge is 2.55. The number of aliphatic hydroxyl groups excluding tert-OH is 1. The Hall–Kier alpha value is -2.84. The van der Waals surface area contributed by atoms with E-state index < -0.39 is 27.7 Å². The molecule has 4 heterocycles. The van der Waals surface area contributed by atoms with E-state index in [0.717, 1.165) is 80.7 Å². The van der Waals surface area contributed by atoms with Crippen molar-refractivity contribution in [1.29, 1.82) is 0 Å². The van der Waals surface area contributed by atoms with Crippen LogP contribution in [0.1, 0.15) is 81.7 Å². The van der Waals surface area contributed by atoms with E-state index in [2.05, 4.69) is 22.0 Å². The molecule has 1 aromatic heterocycles. The summed E-state index contributed by atoms with van der Waals surface area (Å²) >= 11 is 0. The molecule has 13 heteroatoms. The Morgan fingerprint density at radius 3 is 2.27 bits per heavy atom. The van der Waals surface area contributed by atoms with E-state index in [9.17, 15) is 23.1 Å². The van der Waals surface area contributed by atoms with Crippen LogP contribution in [0.2, 0.25) is 0 Å². The molecule has 6 rings (SSSR count). The van der Waals surface area contributed by atoms with Gasteiger partial charge < -0.3 is 20.2 Å². The summed E-state index contributed by atoms with van der Waals surface area (Å²) in [6.07, 6.45) is 7.03.